The molecule has 2 heterocycles. The van der Waals surface area contributed by atoms with Crippen LogP contribution < -0.4 is 16.0 Å². The number of fused-ring (bicyclic) bond motifs is 1. The second kappa shape index (κ2) is 11.8. The summed E-state index contributed by atoms with van der Waals surface area (Å²) in [6.07, 6.45) is 3.23. The molecule has 0 saturated heterocycles. The summed E-state index contributed by atoms with van der Waals surface area (Å²) in [6.45, 7) is 5.11. The lowest BCUT2D eigenvalue weighted by Crippen LogP contribution is -2.20. The fourth-order valence-corrected chi connectivity index (χ4v) is 5.03. The van der Waals surface area contributed by atoms with E-state index in [0.717, 1.165) is 39.4 Å². The standard InChI is InChI=1S/C28H30N6O2S/c1-17(18(2)37-24-7-5-6-21-22(28(36)30-4)12-13-31-26(21)24)15-32-25-14-23(33-16-34-25)19-8-10-20(11-9-19)27(35)29-3/h5-14,16-18H,15H2,1-4H3,(H,29,35)(H,30,36)(H,32,33,34)/t17?,18-/m1/s1. The van der Waals surface area contributed by atoms with E-state index in [1.807, 2.05) is 30.3 Å². The zero-order chi connectivity index (χ0) is 26.4. The number of para-hydroxylation sites is 1. The molecule has 0 bridgehead atoms. The van der Waals surface area contributed by atoms with Crippen LogP contribution in [0.5, 0.6) is 0 Å². The molecule has 0 saturated carbocycles. The summed E-state index contributed by atoms with van der Waals surface area (Å²) >= 11 is 1.75. The lowest BCUT2D eigenvalue weighted by Gasteiger charge is -2.21. The minimum atomic E-state index is -0.122. The molecule has 3 N–H and O–H groups in total. The molecule has 1 unspecified atom stereocenters. The van der Waals surface area contributed by atoms with Gasteiger partial charge in [-0.15, -0.1) is 11.8 Å². The summed E-state index contributed by atoms with van der Waals surface area (Å²) in [5, 5.41) is 9.88. The van der Waals surface area contributed by atoms with Crippen molar-refractivity contribution in [2.45, 2.75) is 24.0 Å². The molecule has 4 rings (SSSR count). The highest BCUT2D eigenvalue weighted by molar-refractivity contribution is 8.00. The van der Waals surface area contributed by atoms with E-state index in [-0.39, 0.29) is 17.1 Å². The van der Waals surface area contributed by atoms with Crippen LogP contribution in [-0.2, 0) is 0 Å². The number of carbonyl (C=O) groups is 2. The van der Waals surface area contributed by atoms with Gasteiger partial charge in [-0.05, 0) is 30.2 Å². The summed E-state index contributed by atoms with van der Waals surface area (Å²) < 4.78 is 0. The summed E-state index contributed by atoms with van der Waals surface area (Å²) in [4.78, 5) is 38.4. The summed E-state index contributed by atoms with van der Waals surface area (Å²) in [7, 11) is 3.24. The molecule has 0 aliphatic carbocycles. The molecule has 2 aromatic carbocycles. The van der Waals surface area contributed by atoms with Crippen LogP contribution in [0.25, 0.3) is 22.2 Å². The highest BCUT2D eigenvalue weighted by Crippen LogP contribution is 2.33. The Hall–Kier alpha value is -3.98. The third-order valence-corrected chi connectivity index (χ3v) is 7.68. The maximum atomic E-state index is 12.3. The van der Waals surface area contributed by atoms with Crippen molar-refractivity contribution < 1.29 is 9.59 Å². The number of benzene rings is 2. The maximum Gasteiger partial charge on any atom is 0.251 e. The molecule has 2 aromatic heterocycles. The van der Waals surface area contributed by atoms with Gasteiger partial charge in [-0.1, -0.05) is 38.1 Å². The van der Waals surface area contributed by atoms with Crippen LogP contribution in [0.3, 0.4) is 0 Å². The van der Waals surface area contributed by atoms with Gasteiger partial charge >= 0.3 is 0 Å². The van der Waals surface area contributed by atoms with Crippen molar-refractivity contribution in [3.05, 3.63) is 78.2 Å². The Balaban J connectivity index is 1.42. The number of rotatable bonds is 9. The van der Waals surface area contributed by atoms with Crippen molar-refractivity contribution in [3.63, 3.8) is 0 Å². The van der Waals surface area contributed by atoms with E-state index in [4.69, 9.17) is 0 Å². The molecule has 0 spiro atoms. The van der Waals surface area contributed by atoms with Gasteiger partial charge in [0.2, 0.25) is 0 Å². The first-order valence-corrected chi connectivity index (χ1v) is 12.9. The Morgan fingerprint density at radius 1 is 0.919 bits per heavy atom. The molecule has 9 heteroatoms. The Labute approximate surface area is 220 Å². The smallest absolute Gasteiger partial charge is 0.251 e. The Morgan fingerprint density at radius 3 is 2.41 bits per heavy atom. The Bertz CT molecular complexity index is 1410. The molecule has 0 fully saturated rings. The fraction of sp³-hybridized carbons (Fsp3) is 0.250. The summed E-state index contributed by atoms with van der Waals surface area (Å²) in [5.74, 6) is 0.814. The Morgan fingerprint density at radius 2 is 1.68 bits per heavy atom. The zero-order valence-electron chi connectivity index (χ0n) is 21.3. The topological polar surface area (TPSA) is 109 Å². The SMILES string of the molecule is CNC(=O)c1ccc(-c2cc(NCC(C)[C@@H](C)Sc3cccc4c(C(=O)NC)ccnc34)ncn2)cc1. The van der Waals surface area contributed by atoms with E-state index in [9.17, 15) is 9.59 Å². The highest BCUT2D eigenvalue weighted by Gasteiger charge is 2.18. The van der Waals surface area contributed by atoms with Crippen molar-refractivity contribution in [2.75, 3.05) is 26.0 Å². The number of pyridine rings is 1. The van der Waals surface area contributed by atoms with Gasteiger partial charge < -0.3 is 16.0 Å². The van der Waals surface area contributed by atoms with Crippen molar-refractivity contribution in [2.24, 2.45) is 5.92 Å². The monoisotopic (exact) mass is 514 g/mol. The Kier molecular flexibility index (Phi) is 8.35. The van der Waals surface area contributed by atoms with Crippen LogP contribution in [0.15, 0.2) is 72.0 Å². The van der Waals surface area contributed by atoms with Crippen molar-refractivity contribution in [1.29, 1.82) is 0 Å². The van der Waals surface area contributed by atoms with E-state index in [2.05, 4.69) is 50.8 Å². The van der Waals surface area contributed by atoms with Crippen LogP contribution in [0, 0.1) is 5.92 Å². The molecule has 2 atom stereocenters. The molecular weight excluding hydrogens is 484 g/mol. The number of anilines is 1. The number of carbonyl (C=O) groups excluding carboxylic acids is 2. The van der Waals surface area contributed by atoms with Gasteiger partial charge in [0.05, 0.1) is 16.8 Å². The minimum absolute atomic E-state index is 0.119. The number of amides is 2. The zero-order valence-corrected chi connectivity index (χ0v) is 22.1. The number of nitrogens with one attached hydrogen (secondary N) is 3. The maximum absolute atomic E-state index is 12.3. The summed E-state index contributed by atoms with van der Waals surface area (Å²) in [6, 6.07) is 16.9. The van der Waals surface area contributed by atoms with E-state index in [1.165, 1.54) is 0 Å². The minimum Gasteiger partial charge on any atom is -0.370 e. The lowest BCUT2D eigenvalue weighted by molar-refractivity contribution is 0.0955. The molecule has 37 heavy (non-hydrogen) atoms. The third-order valence-electron chi connectivity index (χ3n) is 6.26. The number of nitrogens with zero attached hydrogens (tertiary/aromatic N) is 3. The predicted octanol–water partition coefficient (Wildman–Crippen LogP) is 4.64. The van der Waals surface area contributed by atoms with Crippen molar-refractivity contribution in [3.8, 4) is 11.3 Å². The normalized spacial score (nSPS) is 12.5. The molecule has 2 amide bonds. The second-order valence-electron chi connectivity index (χ2n) is 8.72. The average molecular weight is 515 g/mol. The van der Waals surface area contributed by atoms with Crippen molar-refractivity contribution >= 4 is 40.3 Å². The van der Waals surface area contributed by atoms with E-state index in [1.54, 1.807) is 56.6 Å². The van der Waals surface area contributed by atoms with Gasteiger partial charge in [0, 0.05) is 59.6 Å². The van der Waals surface area contributed by atoms with Gasteiger partial charge in [0.15, 0.2) is 0 Å². The quantitative estimate of drug-likeness (QED) is 0.279. The molecular formula is C28H30N6O2S. The number of hydrogen-bond acceptors (Lipinski definition) is 7. The molecule has 0 radical (unpaired) electrons. The number of hydrogen-bond donors (Lipinski definition) is 3. The first-order chi connectivity index (χ1) is 17.9. The fourth-order valence-electron chi connectivity index (χ4n) is 3.87. The third kappa shape index (κ3) is 6.06. The molecule has 4 aromatic rings. The van der Waals surface area contributed by atoms with Gasteiger partial charge in [0.25, 0.3) is 11.8 Å². The van der Waals surface area contributed by atoms with Gasteiger partial charge in [0.1, 0.15) is 12.1 Å². The van der Waals surface area contributed by atoms with Crippen LogP contribution >= 0.6 is 11.8 Å². The molecule has 0 aliphatic rings. The molecule has 190 valence electrons. The van der Waals surface area contributed by atoms with E-state index >= 15 is 0 Å². The predicted molar refractivity (Wildman–Crippen MR) is 149 cm³/mol. The highest BCUT2D eigenvalue weighted by atomic mass is 32.2. The van der Waals surface area contributed by atoms with Gasteiger partial charge in [-0.3, -0.25) is 14.6 Å². The first kappa shape index (κ1) is 26.1. The van der Waals surface area contributed by atoms with Crippen LogP contribution in [0.4, 0.5) is 5.82 Å². The van der Waals surface area contributed by atoms with Gasteiger partial charge in [-0.2, -0.15) is 0 Å². The lowest BCUT2D eigenvalue weighted by atomic mass is 10.1. The summed E-state index contributed by atoms with van der Waals surface area (Å²) in [5.41, 5.74) is 3.76. The first-order valence-electron chi connectivity index (χ1n) is 12.1. The largest absolute Gasteiger partial charge is 0.370 e. The second-order valence-corrected chi connectivity index (χ2v) is 10.1. The van der Waals surface area contributed by atoms with Crippen LogP contribution in [0.1, 0.15) is 34.6 Å². The molecule has 0 aliphatic heterocycles. The van der Waals surface area contributed by atoms with E-state index in [0.29, 0.717) is 17.0 Å². The van der Waals surface area contributed by atoms with Gasteiger partial charge in [-0.25, -0.2) is 9.97 Å². The number of aromatic nitrogens is 3. The van der Waals surface area contributed by atoms with E-state index < -0.39 is 0 Å². The van der Waals surface area contributed by atoms with Crippen LogP contribution in [-0.4, -0.2) is 52.7 Å². The van der Waals surface area contributed by atoms with Crippen LogP contribution in [0.2, 0.25) is 0 Å². The average Bonchev–Trinajstić information content (AvgIpc) is 2.95. The number of thioether (sulfide) groups is 1. The molecule has 8 nitrogen and oxygen atoms in total. The van der Waals surface area contributed by atoms with Crippen molar-refractivity contribution in [1.82, 2.24) is 25.6 Å².